The maximum Gasteiger partial charge on any atom is 0.119 e. The van der Waals surface area contributed by atoms with Crippen molar-refractivity contribution in [2.24, 2.45) is 12.8 Å². The normalized spacial score (nSPS) is 13.0. The number of fused-ring (bicyclic) bond motifs is 1. The summed E-state index contributed by atoms with van der Waals surface area (Å²) in [7, 11) is 2.03. The van der Waals surface area contributed by atoms with Gasteiger partial charge in [-0.05, 0) is 24.3 Å². The number of hydrogen-bond acceptors (Lipinski definition) is 3. The lowest BCUT2D eigenvalue weighted by Crippen LogP contribution is -2.16. The molecule has 3 rings (SSSR count). The van der Waals surface area contributed by atoms with Crippen LogP contribution in [0.25, 0.3) is 11.0 Å². The van der Waals surface area contributed by atoms with E-state index in [-0.39, 0.29) is 5.92 Å². The highest BCUT2D eigenvalue weighted by atomic mass is 35.5. The standard InChI is InChI=1S/C14H14ClN3S/c1-18-11-5-3-2-4-10(11)17-14(18)9(8-16)12-6-7-13(15)19-12/h2-7,9H,8,16H2,1H3. The molecular formula is C14H14ClN3S. The molecule has 0 aliphatic rings. The molecule has 3 nitrogen and oxygen atoms in total. The van der Waals surface area contributed by atoms with E-state index in [1.165, 1.54) is 0 Å². The number of rotatable bonds is 3. The first-order chi connectivity index (χ1) is 9.20. The Balaban J connectivity index is 2.13. The zero-order valence-corrected chi connectivity index (χ0v) is 12.1. The van der Waals surface area contributed by atoms with Crippen LogP contribution in [0.1, 0.15) is 16.6 Å². The number of nitrogens with two attached hydrogens (primary N) is 1. The van der Waals surface area contributed by atoms with Gasteiger partial charge in [-0.3, -0.25) is 0 Å². The lowest BCUT2D eigenvalue weighted by atomic mass is 10.1. The number of para-hydroxylation sites is 2. The van der Waals surface area contributed by atoms with Gasteiger partial charge >= 0.3 is 0 Å². The zero-order valence-electron chi connectivity index (χ0n) is 10.5. The molecule has 19 heavy (non-hydrogen) atoms. The Morgan fingerprint density at radius 2 is 2.11 bits per heavy atom. The number of aromatic nitrogens is 2. The first-order valence-corrected chi connectivity index (χ1v) is 7.27. The van der Waals surface area contributed by atoms with Crippen molar-refractivity contribution < 1.29 is 0 Å². The molecule has 0 bridgehead atoms. The second kappa shape index (κ2) is 4.96. The number of nitrogens with zero attached hydrogens (tertiary/aromatic N) is 2. The minimum absolute atomic E-state index is 0.0925. The Hall–Kier alpha value is -1.36. The molecule has 2 aromatic heterocycles. The highest BCUT2D eigenvalue weighted by Gasteiger charge is 2.20. The van der Waals surface area contributed by atoms with E-state index in [0.717, 1.165) is 26.1 Å². The maximum atomic E-state index is 6.02. The molecule has 3 aromatic rings. The number of halogens is 1. The number of imidazole rings is 1. The molecule has 0 fully saturated rings. The molecule has 0 amide bonds. The van der Waals surface area contributed by atoms with Crippen molar-refractivity contribution >= 4 is 34.0 Å². The van der Waals surface area contributed by atoms with Gasteiger partial charge < -0.3 is 10.3 Å². The van der Waals surface area contributed by atoms with Crippen molar-refractivity contribution in [1.29, 1.82) is 0 Å². The summed E-state index contributed by atoms with van der Waals surface area (Å²) in [5.41, 5.74) is 8.07. The number of benzene rings is 1. The summed E-state index contributed by atoms with van der Waals surface area (Å²) in [6, 6.07) is 12.1. The monoisotopic (exact) mass is 291 g/mol. The van der Waals surface area contributed by atoms with Crippen LogP contribution in [0.15, 0.2) is 36.4 Å². The molecule has 2 heterocycles. The van der Waals surface area contributed by atoms with Crippen molar-refractivity contribution in [3.05, 3.63) is 51.4 Å². The van der Waals surface area contributed by atoms with Gasteiger partial charge in [0.15, 0.2) is 0 Å². The van der Waals surface area contributed by atoms with Gasteiger partial charge in [-0.25, -0.2) is 4.98 Å². The van der Waals surface area contributed by atoms with Gasteiger partial charge in [0.1, 0.15) is 5.82 Å². The van der Waals surface area contributed by atoms with E-state index < -0.39 is 0 Å². The van der Waals surface area contributed by atoms with Crippen LogP contribution in [0.5, 0.6) is 0 Å². The fourth-order valence-electron chi connectivity index (χ4n) is 2.34. The fourth-order valence-corrected chi connectivity index (χ4v) is 3.51. The topological polar surface area (TPSA) is 43.8 Å². The Bertz CT molecular complexity index is 716. The Kier molecular flexibility index (Phi) is 3.31. The minimum Gasteiger partial charge on any atom is -0.331 e. The van der Waals surface area contributed by atoms with Crippen LogP contribution in [0, 0.1) is 0 Å². The van der Waals surface area contributed by atoms with E-state index in [1.807, 2.05) is 37.4 Å². The quantitative estimate of drug-likeness (QED) is 0.804. The van der Waals surface area contributed by atoms with Crippen LogP contribution in [0.4, 0.5) is 0 Å². The molecule has 2 N–H and O–H groups in total. The minimum atomic E-state index is 0.0925. The highest BCUT2D eigenvalue weighted by Crippen LogP contribution is 2.32. The largest absolute Gasteiger partial charge is 0.331 e. The molecule has 98 valence electrons. The molecule has 0 radical (unpaired) electrons. The maximum absolute atomic E-state index is 6.02. The van der Waals surface area contributed by atoms with Gasteiger partial charge in [-0.2, -0.15) is 0 Å². The van der Waals surface area contributed by atoms with Crippen molar-refractivity contribution in [1.82, 2.24) is 9.55 Å². The molecule has 1 atom stereocenters. The molecular weight excluding hydrogens is 278 g/mol. The van der Waals surface area contributed by atoms with E-state index in [0.29, 0.717) is 6.54 Å². The average molecular weight is 292 g/mol. The lowest BCUT2D eigenvalue weighted by molar-refractivity contribution is 0.717. The number of aryl methyl sites for hydroxylation is 1. The second-order valence-electron chi connectivity index (χ2n) is 4.45. The van der Waals surface area contributed by atoms with Gasteiger partial charge in [0.25, 0.3) is 0 Å². The van der Waals surface area contributed by atoms with Crippen molar-refractivity contribution in [2.45, 2.75) is 5.92 Å². The predicted molar refractivity (Wildman–Crippen MR) is 80.9 cm³/mol. The second-order valence-corrected chi connectivity index (χ2v) is 6.19. The molecule has 1 unspecified atom stereocenters. The number of thiophene rings is 1. The Morgan fingerprint density at radius 1 is 1.32 bits per heavy atom. The van der Waals surface area contributed by atoms with Crippen LogP contribution in [0.3, 0.4) is 0 Å². The van der Waals surface area contributed by atoms with Crippen molar-refractivity contribution in [3.8, 4) is 0 Å². The summed E-state index contributed by atoms with van der Waals surface area (Å²) < 4.78 is 2.90. The first-order valence-electron chi connectivity index (χ1n) is 6.07. The fraction of sp³-hybridized carbons (Fsp3) is 0.214. The zero-order chi connectivity index (χ0) is 13.4. The van der Waals surface area contributed by atoms with Crippen LogP contribution in [-0.2, 0) is 7.05 Å². The molecule has 0 spiro atoms. The molecule has 5 heteroatoms. The molecule has 0 aliphatic heterocycles. The predicted octanol–water partition coefficient (Wildman–Crippen LogP) is 3.38. The molecule has 0 saturated heterocycles. The van der Waals surface area contributed by atoms with Gasteiger partial charge in [-0.1, -0.05) is 23.7 Å². The Labute approximate surface area is 120 Å². The third-order valence-electron chi connectivity index (χ3n) is 3.31. The molecule has 0 saturated carbocycles. The molecule has 0 aliphatic carbocycles. The lowest BCUT2D eigenvalue weighted by Gasteiger charge is -2.12. The summed E-state index contributed by atoms with van der Waals surface area (Å²) >= 11 is 7.58. The van der Waals surface area contributed by atoms with Crippen LogP contribution < -0.4 is 5.73 Å². The average Bonchev–Trinajstić information content (AvgIpc) is 2.97. The van der Waals surface area contributed by atoms with Crippen molar-refractivity contribution in [2.75, 3.05) is 6.54 Å². The van der Waals surface area contributed by atoms with E-state index >= 15 is 0 Å². The number of hydrogen-bond donors (Lipinski definition) is 1. The summed E-state index contributed by atoms with van der Waals surface area (Å²) in [4.78, 5) is 5.87. The molecule has 1 aromatic carbocycles. The summed E-state index contributed by atoms with van der Waals surface area (Å²) in [5, 5.41) is 0. The third kappa shape index (κ3) is 2.16. The van der Waals surface area contributed by atoms with Gasteiger partial charge in [-0.15, -0.1) is 11.3 Å². The van der Waals surface area contributed by atoms with E-state index in [9.17, 15) is 0 Å². The smallest absolute Gasteiger partial charge is 0.119 e. The summed E-state index contributed by atoms with van der Waals surface area (Å²) in [6.45, 7) is 0.522. The van der Waals surface area contributed by atoms with Gasteiger partial charge in [0, 0.05) is 18.5 Å². The Morgan fingerprint density at radius 3 is 2.74 bits per heavy atom. The SMILES string of the molecule is Cn1c(C(CN)c2ccc(Cl)s2)nc2ccccc21. The van der Waals surface area contributed by atoms with Crippen LogP contribution >= 0.6 is 22.9 Å². The van der Waals surface area contributed by atoms with Crippen LogP contribution in [0.2, 0.25) is 4.34 Å². The third-order valence-corrected chi connectivity index (χ3v) is 4.65. The first kappa shape index (κ1) is 12.7. The van der Waals surface area contributed by atoms with Crippen LogP contribution in [-0.4, -0.2) is 16.1 Å². The highest BCUT2D eigenvalue weighted by molar-refractivity contribution is 7.16. The summed E-state index contributed by atoms with van der Waals surface area (Å²) in [5.74, 6) is 1.08. The summed E-state index contributed by atoms with van der Waals surface area (Å²) in [6.07, 6.45) is 0. The van der Waals surface area contributed by atoms with E-state index in [1.54, 1.807) is 11.3 Å². The van der Waals surface area contributed by atoms with Gasteiger partial charge in [0.2, 0.25) is 0 Å². The van der Waals surface area contributed by atoms with Crippen molar-refractivity contribution in [3.63, 3.8) is 0 Å². The van der Waals surface area contributed by atoms with E-state index in [2.05, 4.69) is 10.6 Å². The van der Waals surface area contributed by atoms with Gasteiger partial charge in [0.05, 0.1) is 21.3 Å². The van der Waals surface area contributed by atoms with E-state index in [4.69, 9.17) is 22.3 Å².